The van der Waals surface area contributed by atoms with Crippen molar-refractivity contribution in [1.82, 2.24) is 9.29 Å². The number of hydrogen-bond acceptors (Lipinski definition) is 4. The normalized spacial score (nSPS) is 18.6. The van der Waals surface area contributed by atoms with E-state index < -0.39 is 10.0 Å². The van der Waals surface area contributed by atoms with Gasteiger partial charge in [-0.05, 0) is 17.9 Å². The van der Waals surface area contributed by atoms with Crippen LogP contribution in [0.15, 0.2) is 23.4 Å². The molecule has 20 heavy (non-hydrogen) atoms. The highest BCUT2D eigenvalue weighted by molar-refractivity contribution is 7.89. The highest BCUT2D eigenvalue weighted by Gasteiger charge is 2.36. The summed E-state index contributed by atoms with van der Waals surface area (Å²) in [5.74, 6) is 5.15. The summed E-state index contributed by atoms with van der Waals surface area (Å²) >= 11 is 0. The molecule has 5 nitrogen and oxygen atoms in total. The van der Waals surface area contributed by atoms with Gasteiger partial charge in [-0.3, -0.25) is 4.98 Å². The lowest BCUT2D eigenvalue weighted by molar-refractivity contribution is 0.350. The zero-order valence-electron chi connectivity index (χ0n) is 11.6. The molecule has 1 aromatic rings. The van der Waals surface area contributed by atoms with Crippen molar-refractivity contribution in [2.75, 3.05) is 19.7 Å². The lowest BCUT2D eigenvalue weighted by atomic mass is 9.93. The zero-order chi connectivity index (χ0) is 14.8. The first-order chi connectivity index (χ1) is 9.35. The van der Waals surface area contributed by atoms with Gasteiger partial charge in [-0.1, -0.05) is 25.7 Å². The third-order valence-corrected chi connectivity index (χ3v) is 5.12. The fourth-order valence-electron chi connectivity index (χ4n) is 2.19. The molecule has 1 aliphatic rings. The molecule has 0 amide bonds. The van der Waals surface area contributed by atoms with Crippen LogP contribution in [0.2, 0.25) is 0 Å². The highest BCUT2D eigenvalue weighted by atomic mass is 32.2. The van der Waals surface area contributed by atoms with Crippen molar-refractivity contribution < 1.29 is 13.5 Å². The van der Waals surface area contributed by atoms with E-state index in [1.54, 1.807) is 0 Å². The third kappa shape index (κ3) is 3.18. The molecule has 0 spiro atoms. The molecule has 0 radical (unpaired) electrons. The predicted molar refractivity (Wildman–Crippen MR) is 75.4 cm³/mol. The Kier molecular flexibility index (Phi) is 4.14. The van der Waals surface area contributed by atoms with Crippen LogP contribution in [-0.2, 0) is 10.0 Å². The first-order valence-corrected chi connectivity index (χ1v) is 7.84. The Morgan fingerprint density at radius 3 is 2.80 bits per heavy atom. The van der Waals surface area contributed by atoms with Gasteiger partial charge in [0.25, 0.3) is 0 Å². The molecule has 0 aromatic carbocycles. The van der Waals surface area contributed by atoms with Gasteiger partial charge in [0, 0.05) is 31.0 Å². The molecule has 0 saturated carbocycles. The Hall–Kier alpha value is -1.42. The number of pyridine rings is 1. The third-order valence-electron chi connectivity index (χ3n) is 3.31. The number of aliphatic hydroxyl groups is 1. The molecule has 1 aliphatic heterocycles. The summed E-state index contributed by atoms with van der Waals surface area (Å²) < 4.78 is 26.6. The Labute approximate surface area is 119 Å². The van der Waals surface area contributed by atoms with E-state index in [1.807, 2.05) is 0 Å². The molecule has 2 rings (SSSR count). The maximum atomic E-state index is 12.5. The lowest BCUT2D eigenvalue weighted by Crippen LogP contribution is -2.30. The smallest absolute Gasteiger partial charge is 0.244 e. The van der Waals surface area contributed by atoms with Crippen LogP contribution in [0.5, 0.6) is 0 Å². The maximum absolute atomic E-state index is 12.5. The molecule has 0 bridgehead atoms. The molecule has 1 aromatic heterocycles. The van der Waals surface area contributed by atoms with Crippen LogP contribution < -0.4 is 0 Å². The monoisotopic (exact) mass is 294 g/mol. The molecule has 0 unspecified atom stereocenters. The number of nitrogens with zero attached hydrogens (tertiary/aromatic N) is 2. The summed E-state index contributed by atoms with van der Waals surface area (Å²) in [5.41, 5.74) is 0.494. The maximum Gasteiger partial charge on any atom is 0.244 e. The van der Waals surface area contributed by atoms with Gasteiger partial charge in [0.05, 0.1) is 0 Å². The second-order valence-corrected chi connectivity index (χ2v) is 7.56. The van der Waals surface area contributed by atoms with E-state index in [2.05, 4.69) is 30.7 Å². The zero-order valence-corrected chi connectivity index (χ0v) is 12.4. The molecule has 2 heterocycles. The molecule has 1 saturated heterocycles. The average Bonchev–Trinajstić information content (AvgIpc) is 2.78. The second-order valence-electron chi connectivity index (χ2n) is 5.62. The molecule has 1 N–H and O–H groups in total. The van der Waals surface area contributed by atoms with Gasteiger partial charge in [-0.2, -0.15) is 4.31 Å². The molecular formula is C14H18N2O3S. The van der Waals surface area contributed by atoms with Crippen LogP contribution in [0.1, 0.15) is 25.8 Å². The van der Waals surface area contributed by atoms with E-state index in [9.17, 15) is 8.42 Å². The topological polar surface area (TPSA) is 70.5 Å². The Bertz CT molecular complexity index is 656. The summed E-state index contributed by atoms with van der Waals surface area (Å²) in [6.07, 6.45) is 3.67. The van der Waals surface area contributed by atoms with Gasteiger partial charge < -0.3 is 5.11 Å². The number of aromatic nitrogens is 1. The summed E-state index contributed by atoms with van der Waals surface area (Å²) in [6, 6.07) is 1.50. The first kappa shape index (κ1) is 15.0. The molecule has 1 fully saturated rings. The molecule has 0 atom stereocenters. The van der Waals surface area contributed by atoms with Crippen LogP contribution in [0, 0.1) is 17.3 Å². The molecule has 0 aliphatic carbocycles. The quantitative estimate of drug-likeness (QED) is 0.821. The summed E-state index contributed by atoms with van der Waals surface area (Å²) in [7, 11) is -3.52. The lowest BCUT2D eigenvalue weighted by Gasteiger charge is -2.19. The highest BCUT2D eigenvalue weighted by Crippen LogP contribution is 2.32. The van der Waals surface area contributed by atoms with Crippen molar-refractivity contribution in [1.29, 1.82) is 0 Å². The minimum absolute atomic E-state index is 0.00873. The minimum atomic E-state index is -3.52. The summed E-state index contributed by atoms with van der Waals surface area (Å²) in [4.78, 5) is 4.07. The largest absolute Gasteiger partial charge is 0.384 e. The van der Waals surface area contributed by atoms with Crippen molar-refractivity contribution in [2.24, 2.45) is 5.41 Å². The summed E-state index contributed by atoms with van der Waals surface area (Å²) in [5, 5.41) is 8.67. The Balaban J connectivity index is 2.31. The Morgan fingerprint density at radius 1 is 1.45 bits per heavy atom. The van der Waals surface area contributed by atoms with E-state index in [0.717, 1.165) is 6.42 Å². The van der Waals surface area contributed by atoms with Gasteiger partial charge in [0.15, 0.2) is 0 Å². The van der Waals surface area contributed by atoms with E-state index in [0.29, 0.717) is 18.7 Å². The van der Waals surface area contributed by atoms with Crippen LogP contribution in [0.3, 0.4) is 0 Å². The fraction of sp³-hybridized carbons (Fsp3) is 0.500. The van der Waals surface area contributed by atoms with Crippen LogP contribution in [-0.4, -0.2) is 42.5 Å². The van der Waals surface area contributed by atoms with Gasteiger partial charge in [-0.15, -0.1) is 0 Å². The van der Waals surface area contributed by atoms with Crippen LogP contribution in [0.25, 0.3) is 0 Å². The van der Waals surface area contributed by atoms with Gasteiger partial charge in [0.1, 0.15) is 11.5 Å². The minimum Gasteiger partial charge on any atom is -0.384 e. The average molecular weight is 294 g/mol. The van der Waals surface area contributed by atoms with E-state index in [-0.39, 0.29) is 16.9 Å². The van der Waals surface area contributed by atoms with Gasteiger partial charge >= 0.3 is 0 Å². The number of sulfonamides is 1. The second kappa shape index (κ2) is 5.52. The van der Waals surface area contributed by atoms with E-state index >= 15 is 0 Å². The van der Waals surface area contributed by atoms with E-state index in [1.165, 1.54) is 22.8 Å². The number of aliphatic hydroxyl groups excluding tert-OH is 1. The van der Waals surface area contributed by atoms with E-state index in [4.69, 9.17) is 5.11 Å². The van der Waals surface area contributed by atoms with Gasteiger partial charge in [-0.25, -0.2) is 8.42 Å². The Morgan fingerprint density at radius 2 is 2.20 bits per heavy atom. The van der Waals surface area contributed by atoms with Crippen molar-refractivity contribution in [3.8, 4) is 11.8 Å². The summed E-state index contributed by atoms with van der Waals surface area (Å²) in [6.45, 7) is 4.90. The van der Waals surface area contributed by atoms with Crippen molar-refractivity contribution in [3.63, 3.8) is 0 Å². The van der Waals surface area contributed by atoms with Crippen LogP contribution >= 0.6 is 0 Å². The molecular weight excluding hydrogens is 276 g/mol. The SMILES string of the molecule is CC1(C)CCN(S(=O)(=O)c2cncc(C#CCO)c2)C1. The van der Waals surface area contributed by atoms with Crippen LogP contribution in [0.4, 0.5) is 0 Å². The number of rotatable bonds is 2. The van der Waals surface area contributed by atoms with Crippen molar-refractivity contribution in [2.45, 2.75) is 25.2 Å². The molecule has 108 valence electrons. The predicted octanol–water partition coefficient (Wildman–Crippen LogP) is 0.846. The van der Waals surface area contributed by atoms with Crippen molar-refractivity contribution in [3.05, 3.63) is 24.0 Å². The van der Waals surface area contributed by atoms with Gasteiger partial charge in [0.2, 0.25) is 10.0 Å². The number of hydrogen-bond donors (Lipinski definition) is 1. The first-order valence-electron chi connectivity index (χ1n) is 6.40. The fourth-order valence-corrected chi connectivity index (χ4v) is 3.81. The van der Waals surface area contributed by atoms with Crippen molar-refractivity contribution >= 4 is 10.0 Å². The standard InChI is InChI=1S/C14H18N2O3S/c1-14(2)5-6-16(11-14)20(18,19)13-8-12(4-3-7-17)9-15-10-13/h8-10,17H,5-7,11H2,1-2H3. The molecule has 6 heteroatoms.